The molecule has 1 N–H and O–H groups in total. The van der Waals surface area contributed by atoms with Crippen LogP contribution in [-0.4, -0.2) is 29.9 Å². The molecule has 1 aliphatic rings. The highest BCUT2D eigenvalue weighted by molar-refractivity contribution is 14.1. The molecule has 1 aromatic carbocycles. The Balaban J connectivity index is 2.10. The summed E-state index contributed by atoms with van der Waals surface area (Å²) >= 11 is 7.92. The summed E-state index contributed by atoms with van der Waals surface area (Å²) < 4.78 is 12.6. The number of carbonyl (C=O) groups is 1. The van der Waals surface area contributed by atoms with E-state index in [1.807, 2.05) is 0 Å². The molecule has 0 aliphatic carbocycles. The summed E-state index contributed by atoms with van der Waals surface area (Å²) in [4.78, 5) is 13.3. The number of hydrogen-bond acceptors (Lipinski definition) is 2. The molecule has 1 saturated heterocycles. The van der Waals surface area contributed by atoms with Crippen molar-refractivity contribution in [1.82, 2.24) is 4.90 Å². The predicted octanol–water partition coefficient (Wildman–Crippen LogP) is 4.12. The first-order valence-corrected chi connectivity index (χ1v) is 8.12. The summed E-state index contributed by atoms with van der Waals surface area (Å²) in [6.45, 7) is 6.28. The average molecular weight is 423 g/mol. The fraction of sp³-hybridized carbons (Fsp3) is 0.400. The van der Waals surface area contributed by atoms with Crippen molar-refractivity contribution in [3.63, 3.8) is 0 Å². The Morgan fingerprint density at radius 3 is 3.00 bits per heavy atom. The zero-order chi connectivity index (χ0) is 15.6. The highest BCUT2D eigenvalue weighted by Crippen LogP contribution is 2.36. The molecule has 1 unspecified atom stereocenters. The topological polar surface area (TPSA) is 32.3 Å². The van der Waals surface area contributed by atoms with Gasteiger partial charge in [0, 0.05) is 24.7 Å². The van der Waals surface area contributed by atoms with Crippen LogP contribution < -0.4 is 5.32 Å². The first-order valence-electron chi connectivity index (χ1n) is 6.67. The average Bonchev–Trinajstić information content (AvgIpc) is 2.87. The van der Waals surface area contributed by atoms with E-state index in [2.05, 4.69) is 11.9 Å². The number of hydrogen-bond donors (Lipinski definition) is 1. The molecule has 21 heavy (non-hydrogen) atoms. The van der Waals surface area contributed by atoms with Crippen LogP contribution in [0.5, 0.6) is 0 Å². The highest BCUT2D eigenvalue weighted by Gasteiger charge is 2.26. The molecule has 0 bridgehead atoms. The lowest BCUT2D eigenvalue weighted by Crippen LogP contribution is -2.30. The first kappa shape index (κ1) is 16.5. The van der Waals surface area contributed by atoms with Gasteiger partial charge in [-0.3, -0.25) is 4.79 Å². The molecular formula is C15H17ClFIN2O. The van der Waals surface area contributed by atoms with Crippen molar-refractivity contribution in [2.24, 2.45) is 0 Å². The number of amides is 1. The van der Waals surface area contributed by atoms with Crippen LogP contribution in [0.2, 0.25) is 5.02 Å². The van der Waals surface area contributed by atoms with E-state index < -0.39 is 3.68 Å². The van der Waals surface area contributed by atoms with E-state index in [1.54, 1.807) is 45.7 Å². The van der Waals surface area contributed by atoms with Crippen LogP contribution in [0, 0.1) is 0 Å². The third-order valence-corrected chi connectivity index (χ3v) is 4.46. The van der Waals surface area contributed by atoms with Gasteiger partial charge < -0.3 is 10.2 Å². The minimum atomic E-state index is -1.45. The molecule has 1 aliphatic heterocycles. The molecule has 2 rings (SSSR count). The van der Waals surface area contributed by atoms with Crippen LogP contribution in [0.25, 0.3) is 0 Å². The standard InChI is InChI=1S/C15H17ClFIN2O/c1-3-14(21)20-7-6-11(9-20)19-13-8-10(15(2,17)18)4-5-12(13)16/h3-5,8,11,19H,1,6-7,9H2,2H3/t11-,15?/m0/s1. The molecule has 3 nitrogen and oxygen atoms in total. The lowest BCUT2D eigenvalue weighted by molar-refractivity contribution is -0.125. The summed E-state index contributed by atoms with van der Waals surface area (Å²) in [7, 11) is 0. The maximum atomic E-state index is 14.0. The van der Waals surface area contributed by atoms with Crippen LogP contribution in [0.15, 0.2) is 30.9 Å². The summed E-state index contributed by atoms with van der Waals surface area (Å²) in [5, 5.41) is 3.85. The molecule has 6 heteroatoms. The number of nitrogens with zero attached hydrogens (tertiary/aromatic N) is 1. The molecular weight excluding hydrogens is 406 g/mol. The third-order valence-electron chi connectivity index (χ3n) is 3.51. The lowest BCUT2D eigenvalue weighted by Gasteiger charge is -2.19. The van der Waals surface area contributed by atoms with Gasteiger partial charge in [-0.25, -0.2) is 4.39 Å². The van der Waals surface area contributed by atoms with Crippen LogP contribution in [0.1, 0.15) is 18.9 Å². The molecule has 0 saturated carbocycles. The van der Waals surface area contributed by atoms with Gasteiger partial charge in [-0.05, 0) is 54.1 Å². The maximum absolute atomic E-state index is 14.0. The van der Waals surface area contributed by atoms with E-state index in [9.17, 15) is 9.18 Å². The van der Waals surface area contributed by atoms with E-state index in [1.165, 1.54) is 13.0 Å². The third kappa shape index (κ3) is 4.10. The van der Waals surface area contributed by atoms with Crippen LogP contribution in [0.3, 0.4) is 0 Å². The second kappa shape index (κ2) is 6.52. The summed E-state index contributed by atoms with van der Waals surface area (Å²) in [5.74, 6) is -0.0669. The van der Waals surface area contributed by atoms with Crippen molar-refractivity contribution in [2.45, 2.75) is 23.1 Å². The molecule has 1 amide bonds. The van der Waals surface area contributed by atoms with E-state index in [-0.39, 0.29) is 11.9 Å². The van der Waals surface area contributed by atoms with Gasteiger partial charge in [0.15, 0.2) is 3.68 Å². The van der Waals surface area contributed by atoms with Crippen molar-refractivity contribution in [3.8, 4) is 0 Å². The molecule has 2 atom stereocenters. The quantitative estimate of drug-likeness (QED) is 0.450. The normalized spacial score (nSPS) is 21.0. The highest BCUT2D eigenvalue weighted by atomic mass is 127. The zero-order valence-electron chi connectivity index (χ0n) is 11.7. The van der Waals surface area contributed by atoms with Crippen LogP contribution in [0.4, 0.5) is 10.1 Å². The van der Waals surface area contributed by atoms with Crippen molar-refractivity contribution in [2.75, 3.05) is 18.4 Å². The smallest absolute Gasteiger partial charge is 0.246 e. The Morgan fingerprint density at radius 2 is 2.38 bits per heavy atom. The van der Waals surface area contributed by atoms with Crippen molar-refractivity contribution < 1.29 is 9.18 Å². The number of carbonyl (C=O) groups excluding carboxylic acids is 1. The Kier molecular flexibility index (Phi) is 5.14. The number of benzene rings is 1. The predicted molar refractivity (Wildman–Crippen MR) is 92.7 cm³/mol. The van der Waals surface area contributed by atoms with Gasteiger partial charge in [-0.1, -0.05) is 24.2 Å². The minimum absolute atomic E-state index is 0.0669. The summed E-state index contributed by atoms with van der Waals surface area (Å²) in [6, 6.07) is 5.22. The number of alkyl halides is 2. The van der Waals surface area contributed by atoms with Gasteiger partial charge in [0.25, 0.3) is 0 Å². The Hall–Kier alpha value is -0.820. The fourth-order valence-electron chi connectivity index (χ4n) is 2.34. The minimum Gasteiger partial charge on any atom is -0.379 e. The number of likely N-dealkylation sites (tertiary alicyclic amines) is 1. The second-order valence-corrected chi connectivity index (χ2v) is 7.63. The zero-order valence-corrected chi connectivity index (χ0v) is 14.6. The maximum Gasteiger partial charge on any atom is 0.246 e. The van der Waals surface area contributed by atoms with Crippen molar-refractivity contribution >= 4 is 45.8 Å². The second-order valence-electron chi connectivity index (χ2n) is 5.20. The fourth-order valence-corrected chi connectivity index (χ4v) is 2.84. The largest absolute Gasteiger partial charge is 0.379 e. The number of anilines is 1. The van der Waals surface area contributed by atoms with Crippen molar-refractivity contribution in [3.05, 3.63) is 41.4 Å². The Bertz CT molecular complexity index is 559. The van der Waals surface area contributed by atoms with E-state index in [4.69, 9.17) is 11.6 Å². The van der Waals surface area contributed by atoms with Gasteiger partial charge in [0.1, 0.15) is 0 Å². The number of halogens is 3. The van der Waals surface area contributed by atoms with Crippen LogP contribution in [-0.2, 0) is 8.47 Å². The molecule has 0 aromatic heterocycles. The van der Waals surface area contributed by atoms with Gasteiger partial charge in [0.2, 0.25) is 5.91 Å². The van der Waals surface area contributed by atoms with Crippen molar-refractivity contribution in [1.29, 1.82) is 0 Å². The van der Waals surface area contributed by atoms with Crippen LogP contribution >= 0.6 is 34.2 Å². The first-order chi connectivity index (χ1) is 9.81. The van der Waals surface area contributed by atoms with Gasteiger partial charge in [0.05, 0.1) is 10.7 Å². The van der Waals surface area contributed by atoms with Gasteiger partial charge >= 0.3 is 0 Å². The molecule has 0 radical (unpaired) electrons. The molecule has 0 spiro atoms. The van der Waals surface area contributed by atoms with E-state index >= 15 is 0 Å². The monoisotopic (exact) mass is 422 g/mol. The molecule has 114 valence electrons. The summed E-state index contributed by atoms with van der Waals surface area (Å²) in [5.41, 5.74) is 1.26. The molecule has 1 aromatic rings. The number of nitrogens with one attached hydrogen (secondary N) is 1. The molecule has 1 fully saturated rings. The van der Waals surface area contributed by atoms with E-state index in [0.29, 0.717) is 29.4 Å². The SMILES string of the molecule is C=CC(=O)N1CC[C@H](Nc2cc(C(C)(F)I)ccc2Cl)C1. The number of rotatable bonds is 4. The Morgan fingerprint density at radius 1 is 1.67 bits per heavy atom. The lowest BCUT2D eigenvalue weighted by atomic mass is 10.1. The van der Waals surface area contributed by atoms with E-state index in [0.717, 1.165) is 6.42 Å². The van der Waals surface area contributed by atoms with Gasteiger partial charge in [-0.15, -0.1) is 0 Å². The summed E-state index contributed by atoms with van der Waals surface area (Å²) in [6.07, 6.45) is 2.15. The van der Waals surface area contributed by atoms with Gasteiger partial charge in [-0.2, -0.15) is 0 Å². The molecule has 1 heterocycles. The Labute approximate surface area is 142 Å².